The Bertz CT molecular complexity index is 3130. The van der Waals surface area contributed by atoms with E-state index >= 15 is 0 Å². The van der Waals surface area contributed by atoms with Gasteiger partial charge in [0.2, 0.25) is 0 Å². The number of nitrogens with zero attached hydrogens (tertiary/aromatic N) is 2. The molecule has 10 rings (SSSR count). The Balaban J connectivity index is 1.40. The fraction of sp³-hybridized carbons (Fsp3) is 0.143. The van der Waals surface area contributed by atoms with Gasteiger partial charge in [-0.15, -0.1) is 0 Å². The molecule has 0 atom stereocenters. The Kier molecular flexibility index (Phi) is 6.08. The van der Waals surface area contributed by atoms with Crippen molar-refractivity contribution in [2.75, 3.05) is 0 Å². The van der Waals surface area contributed by atoms with E-state index in [2.05, 4.69) is 183 Å². The van der Waals surface area contributed by atoms with Gasteiger partial charge in [-0.3, -0.25) is 0 Å². The minimum absolute atomic E-state index is 0.152. The molecule has 0 aliphatic carbocycles. The van der Waals surface area contributed by atoms with Crippen LogP contribution >= 0.6 is 0 Å². The van der Waals surface area contributed by atoms with E-state index in [1.54, 1.807) is 0 Å². The van der Waals surface area contributed by atoms with E-state index in [-0.39, 0.29) is 10.8 Å². The van der Waals surface area contributed by atoms with Gasteiger partial charge in [0, 0.05) is 53.8 Å². The Morgan fingerprint density at radius 2 is 1.04 bits per heavy atom. The Morgan fingerprint density at radius 3 is 1.67 bits per heavy atom. The molecule has 2 nitrogen and oxygen atoms in total. The van der Waals surface area contributed by atoms with Gasteiger partial charge < -0.3 is 8.80 Å². The first-order valence-corrected chi connectivity index (χ1v) is 18.1. The summed E-state index contributed by atoms with van der Waals surface area (Å²) in [5.74, 6) is 0. The molecule has 4 aromatic heterocycles. The highest BCUT2D eigenvalue weighted by molar-refractivity contribution is 6.41. The van der Waals surface area contributed by atoms with E-state index in [9.17, 15) is 0 Å². The molecular formula is C49H40N2. The lowest BCUT2D eigenvalue weighted by Gasteiger charge is -2.27. The van der Waals surface area contributed by atoms with Crippen molar-refractivity contribution in [1.29, 1.82) is 0 Å². The van der Waals surface area contributed by atoms with E-state index in [0.717, 1.165) is 10.6 Å². The second-order valence-corrected chi connectivity index (χ2v) is 15.4. The van der Waals surface area contributed by atoms with Gasteiger partial charge in [0.25, 0.3) is 0 Å². The normalized spacial score (nSPS) is 13.9. The standard InChI is InChI=1S/C49H40N2/c1-7-31(48(3,4)32-18-10-8-11-19-32)28-40-30(2)42-43-35-22-14-17-25-39(35)51-41-29-34(49(5,6)33-20-12-9-13-21-33)26-27-37(41)45(47(43)51)44-36-23-15-16-24-38(36)50(40)46(42)44/h7-29H,2H2,1,3-6H3/b31-7+,40-28+. The summed E-state index contributed by atoms with van der Waals surface area (Å²) in [5, 5.41) is 11.3. The SMILES string of the molecule is C=c1/c(=C\C(=C/C)C(C)(C)c2ccccc2)n2c3ccccc3c3c4c5ccc(C(C)(C)c6ccccc6)cc5n5c6ccccc6c(c1c32)c45. The first-order chi connectivity index (χ1) is 24.7. The number of para-hydroxylation sites is 2. The van der Waals surface area contributed by atoms with Crippen LogP contribution in [0.1, 0.15) is 51.3 Å². The van der Waals surface area contributed by atoms with Gasteiger partial charge in [0.05, 0.1) is 32.9 Å². The second kappa shape index (κ2) is 10.3. The average Bonchev–Trinajstić information content (AvgIpc) is 3.87. The molecule has 51 heavy (non-hydrogen) atoms. The largest absolute Gasteiger partial charge is 0.308 e. The maximum Gasteiger partial charge on any atom is 0.0634 e. The minimum Gasteiger partial charge on any atom is -0.308 e. The molecule has 0 amide bonds. The number of hydrogen-bond donors (Lipinski definition) is 0. The van der Waals surface area contributed by atoms with Crippen LogP contribution in [-0.4, -0.2) is 8.80 Å². The van der Waals surface area contributed by atoms with Crippen molar-refractivity contribution in [2.45, 2.75) is 45.4 Å². The molecule has 0 aliphatic heterocycles. The average molecular weight is 657 g/mol. The molecular weight excluding hydrogens is 617 g/mol. The number of fused-ring (bicyclic) bond motifs is 11. The molecule has 0 spiro atoms. The quantitative estimate of drug-likeness (QED) is 0.174. The van der Waals surface area contributed by atoms with Crippen molar-refractivity contribution in [2.24, 2.45) is 0 Å². The van der Waals surface area contributed by atoms with Gasteiger partial charge in [0.15, 0.2) is 0 Å². The Labute approximate surface area is 297 Å². The summed E-state index contributed by atoms with van der Waals surface area (Å²) in [4.78, 5) is 0. The highest BCUT2D eigenvalue weighted by Gasteiger charge is 2.30. The van der Waals surface area contributed by atoms with Gasteiger partial charge in [-0.05, 0) is 53.5 Å². The number of aromatic nitrogens is 2. The fourth-order valence-electron chi connectivity index (χ4n) is 9.30. The van der Waals surface area contributed by atoms with Crippen LogP contribution in [0.4, 0.5) is 0 Å². The summed E-state index contributed by atoms with van der Waals surface area (Å²) in [7, 11) is 0. The third-order valence-electron chi connectivity index (χ3n) is 12.1. The lowest BCUT2D eigenvalue weighted by molar-refractivity contribution is 0.641. The first-order valence-electron chi connectivity index (χ1n) is 18.1. The summed E-state index contributed by atoms with van der Waals surface area (Å²) in [6.45, 7) is 16.4. The minimum atomic E-state index is -0.188. The monoisotopic (exact) mass is 656 g/mol. The molecule has 2 heteroatoms. The van der Waals surface area contributed by atoms with Crippen molar-refractivity contribution in [3.8, 4) is 0 Å². The summed E-state index contributed by atoms with van der Waals surface area (Å²) in [6.07, 6.45) is 4.68. The molecule has 4 heterocycles. The zero-order valence-corrected chi connectivity index (χ0v) is 29.9. The van der Waals surface area contributed by atoms with Gasteiger partial charge >= 0.3 is 0 Å². The fourth-order valence-corrected chi connectivity index (χ4v) is 9.30. The van der Waals surface area contributed by atoms with Gasteiger partial charge in [0.1, 0.15) is 0 Å². The highest BCUT2D eigenvalue weighted by atomic mass is 14.9. The van der Waals surface area contributed by atoms with Gasteiger partial charge in [-0.1, -0.05) is 150 Å². The van der Waals surface area contributed by atoms with Crippen LogP contribution in [0.2, 0.25) is 0 Å². The van der Waals surface area contributed by atoms with Crippen molar-refractivity contribution in [3.63, 3.8) is 0 Å². The van der Waals surface area contributed by atoms with Crippen LogP contribution < -0.4 is 10.6 Å². The number of rotatable bonds is 5. The molecule has 0 aliphatic rings. The Morgan fingerprint density at radius 1 is 0.529 bits per heavy atom. The van der Waals surface area contributed by atoms with Crippen molar-refractivity contribution >= 4 is 77.9 Å². The van der Waals surface area contributed by atoms with Crippen LogP contribution in [0.5, 0.6) is 0 Å². The number of benzene rings is 6. The zero-order chi connectivity index (χ0) is 34.8. The van der Waals surface area contributed by atoms with Gasteiger partial charge in [-0.2, -0.15) is 0 Å². The van der Waals surface area contributed by atoms with Crippen LogP contribution in [-0.2, 0) is 10.8 Å². The van der Waals surface area contributed by atoms with Crippen LogP contribution in [0.15, 0.2) is 139 Å². The van der Waals surface area contributed by atoms with E-state index in [1.807, 2.05) is 0 Å². The van der Waals surface area contributed by atoms with E-state index in [1.165, 1.54) is 87.6 Å². The maximum atomic E-state index is 4.92. The van der Waals surface area contributed by atoms with Crippen LogP contribution in [0, 0.1) is 0 Å². The highest BCUT2D eigenvalue weighted by Crippen LogP contribution is 2.48. The molecule has 0 bridgehead atoms. The van der Waals surface area contributed by atoms with Crippen molar-refractivity contribution < 1.29 is 0 Å². The third kappa shape index (κ3) is 3.83. The molecule has 0 saturated heterocycles. The van der Waals surface area contributed by atoms with Crippen LogP contribution in [0.3, 0.4) is 0 Å². The lowest BCUT2D eigenvalue weighted by Crippen LogP contribution is -2.28. The molecule has 0 radical (unpaired) electrons. The molecule has 0 N–H and O–H groups in total. The number of allylic oxidation sites excluding steroid dienone is 2. The van der Waals surface area contributed by atoms with E-state index in [4.69, 9.17) is 6.58 Å². The predicted molar refractivity (Wildman–Crippen MR) is 219 cm³/mol. The summed E-state index contributed by atoms with van der Waals surface area (Å²) >= 11 is 0. The number of hydrogen-bond acceptors (Lipinski definition) is 0. The topological polar surface area (TPSA) is 8.82 Å². The Hall–Kier alpha value is -5.86. The van der Waals surface area contributed by atoms with Crippen molar-refractivity contribution in [3.05, 3.63) is 166 Å². The van der Waals surface area contributed by atoms with Crippen LogP contribution in [0.25, 0.3) is 77.9 Å². The van der Waals surface area contributed by atoms with E-state index in [0.29, 0.717) is 0 Å². The van der Waals surface area contributed by atoms with Crippen molar-refractivity contribution in [1.82, 2.24) is 8.80 Å². The first kappa shape index (κ1) is 30.0. The predicted octanol–water partition coefficient (Wildman–Crippen LogP) is 11.3. The molecule has 246 valence electrons. The second-order valence-electron chi connectivity index (χ2n) is 15.4. The lowest BCUT2D eigenvalue weighted by atomic mass is 9.77. The molecule has 0 saturated carbocycles. The maximum absolute atomic E-state index is 4.92. The summed E-state index contributed by atoms with van der Waals surface area (Å²) in [6, 6.07) is 46.9. The molecule has 6 aromatic carbocycles. The third-order valence-corrected chi connectivity index (χ3v) is 12.1. The van der Waals surface area contributed by atoms with Gasteiger partial charge in [-0.25, -0.2) is 0 Å². The van der Waals surface area contributed by atoms with E-state index < -0.39 is 0 Å². The molecule has 0 fully saturated rings. The zero-order valence-electron chi connectivity index (χ0n) is 29.9. The summed E-state index contributed by atoms with van der Waals surface area (Å²) in [5.41, 5.74) is 11.2. The summed E-state index contributed by atoms with van der Waals surface area (Å²) < 4.78 is 5.06. The molecule has 10 aromatic rings. The smallest absolute Gasteiger partial charge is 0.0634 e. The molecule has 0 unspecified atom stereocenters.